The van der Waals surface area contributed by atoms with Crippen LogP contribution in [-0.2, 0) is 37.2 Å². The molecule has 1 aliphatic rings. The van der Waals surface area contributed by atoms with Crippen LogP contribution in [0.5, 0.6) is 0 Å². The van der Waals surface area contributed by atoms with Crippen molar-refractivity contribution >= 4 is 43.9 Å². The molecule has 1 aliphatic heterocycles. The van der Waals surface area contributed by atoms with E-state index in [9.17, 15) is 18.0 Å². The van der Waals surface area contributed by atoms with Crippen molar-refractivity contribution in [3.63, 3.8) is 0 Å². The molecule has 0 spiro atoms. The van der Waals surface area contributed by atoms with E-state index in [4.69, 9.17) is 4.74 Å². The number of sulfone groups is 1. The molecule has 9 heteroatoms. The number of benzene rings is 1. The van der Waals surface area contributed by atoms with E-state index < -0.39 is 21.7 Å². The molecule has 7 nitrogen and oxygen atoms in total. The van der Waals surface area contributed by atoms with Gasteiger partial charge in [-0.05, 0) is 30.5 Å². The molecular formula is C19H22N2O5S2. The molecule has 0 radical (unpaired) electrons. The third-order valence-corrected chi connectivity index (χ3v) is 7.22. The second-order valence-corrected chi connectivity index (χ2v) is 9.77. The molecule has 0 aliphatic carbocycles. The minimum Gasteiger partial charge on any atom is -0.459 e. The van der Waals surface area contributed by atoms with Gasteiger partial charge in [0.1, 0.15) is 6.61 Å². The number of carbonyl (C=O) groups excluding carboxylic acids is 2. The van der Waals surface area contributed by atoms with E-state index in [1.54, 1.807) is 5.38 Å². The number of carbonyl (C=O) groups is 2. The summed E-state index contributed by atoms with van der Waals surface area (Å²) in [5, 5.41) is 2.22. The fraction of sp³-hybridized carbons (Fsp3) is 0.421. The smallest absolute Gasteiger partial charge is 0.310 e. The van der Waals surface area contributed by atoms with E-state index in [1.165, 1.54) is 28.7 Å². The summed E-state index contributed by atoms with van der Waals surface area (Å²) < 4.78 is 28.2. The van der Waals surface area contributed by atoms with E-state index in [1.807, 2.05) is 24.3 Å². The van der Waals surface area contributed by atoms with Gasteiger partial charge in [-0.2, -0.15) is 0 Å². The Morgan fingerprint density at radius 1 is 1.29 bits per heavy atom. The molecule has 3 rings (SSSR count). The maximum absolute atomic E-state index is 12.2. The van der Waals surface area contributed by atoms with E-state index in [0.717, 1.165) is 12.1 Å². The van der Waals surface area contributed by atoms with Crippen molar-refractivity contribution in [1.29, 1.82) is 0 Å². The van der Waals surface area contributed by atoms with Crippen LogP contribution in [0.15, 0.2) is 29.6 Å². The Balaban J connectivity index is 1.67. The second kappa shape index (κ2) is 8.40. The van der Waals surface area contributed by atoms with Crippen molar-refractivity contribution in [3.8, 4) is 0 Å². The summed E-state index contributed by atoms with van der Waals surface area (Å²) in [5.74, 6) is -1.42. The van der Waals surface area contributed by atoms with Crippen molar-refractivity contribution in [2.75, 3.05) is 16.4 Å². The first-order chi connectivity index (χ1) is 13.3. The average molecular weight is 423 g/mol. The third-order valence-electron chi connectivity index (χ3n) is 4.58. The molecule has 1 amide bonds. The van der Waals surface area contributed by atoms with E-state index in [-0.39, 0.29) is 24.0 Å². The highest BCUT2D eigenvalue weighted by Gasteiger charge is 2.34. The number of thiazole rings is 1. The fourth-order valence-electron chi connectivity index (χ4n) is 3.02. The zero-order valence-corrected chi connectivity index (χ0v) is 17.4. The van der Waals surface area contributed by atoms with Gasteiger partial charge in [0.25, 0.3) is 0 Å². The number of aryl methyl sites for hydroxylation is 1. The van der Waals surface area contributed by atoms with Gasteiger partial charge in [-0.1, -0.05) is 19.1 Å². The first-order valence-corrected chi connectivity index (χ1v) is 11.7. The summed E-state index contributed by atoms with van der Waals surface area (Å²) >= 11 is 1.28. The zero-order valence-electron chi connectivity index (χ0n) is 15.8. The van der Waals surface area contributed by atoms with Gasteiger partial charge in [0.2, 0.25) is 5.91 Å². The first-order valence-electron chi connectivity index (χ1n) is 9.00. The minimum absolute atomic E-state index is 0.0258. The molecule has 1 saturated heterocycles. The molecule has 28 heavy (non-hydrogen) atoms. The summed E-state index contributed by atoms with van der Waals surface area (Å²) in [6.45, 7) is 3.48. The highest BCUT2D eigenvalue weighted by Crippen LogP contribution is 2.29. The Bertz CT molecular complexity index is 966. The maximum Gasteiger partial charge on any atom is 0.310 e. The Labute approximate surface area is 168 Å². The molecule has 1 atom stereocenters. The number of rotatable bonds is 6. The third kappa shape index (κ3) is 4.77. The summed E-state index contributed by atoms with van der Waals surface area (Å²) in [6.07, 6.45) is 1.21. The molecule has 0 bridgehead atoms. The molecule has 1 fully saturated rings. The van der Waals surface area contributed by atoms with Crippen LogP contribution in [0.4, 0.5) is 10.8 Å². The van der Waals surface area contributed by atoms with Crippen molar-refractivity contribution in [2.24, 2.45) is 5.92 Å². The van der Waals surface area contributed by atoms with Gasteiger partial charge in [-0.3, -0.25) is 14.5 Å². The Morgan fingerprint density at radius 2 is 2.00 bits per heavy atom. The van der Waals surface area contributed by atoms with Crippen molar-refractivity contribution in [2.45, 2.75) is 33.3 Å². The van der Waals surface area contributed by atoms with Gasteiger partial charge >= 0.3 is 5.97 Å². The Kier molecular flexibility index (Phi) is 6.14. The van der Waals surface area contributed by atoms with Gasteiger partial charge in [0, 0.05) is 12.3 Å². The van der Waals surface area contributed by atoms with E-state index in [2.05, 4.69) is 11.9 Å². The number of amides is 1. The van der Waals surface area contributed by atoms with Crippen LogP contribution in [0.25, 0.3) is 0 Å². The van der Waals surface area contributed by atoms with Crippen molar-refractivity contribution in [3.05, 3.63) is 40.9 Å². The molecule has 1 aromatic heterocycles. The molecule has 1 unspecified atom stereocenters. The summed E-state index contributed by atoms with van der Waals surface area (Å²) in [6, 6.07) is 7.69. The lowest BCUT2D eigenvalue weighted by Crippen LogP contribution is -2.22. The second-order valence-electron chi connectivity index (χ2n) is 6.70. The van der Waals surface area contributed by atoms with Crippen molar-refractivity contribution < 1.29 is 22.7 Å². The fourth-order valence-corrected chi connectivity index (χ4v) is 5.61. The number of nitrogens with zero attached hydrogens (tertiary/aromatic N) is 2. The van der Waals surface area contributed by atoms with Crippen LogP contribution >= 0.6 is 11.3 Å². The van der Waals surface area contributed by atoms with Gasteiger partial charge < -0.3 is 4.74 Å². The van der Waals surface area contributed by atoms with Gasteiger partial charge in [0.15, 0.2) is 15.0 Å². The lowest BCUT2D eigenvalue weighted by molar-refractivity contribution is -0.149. The lowest BCUT2D eigenvalue weighted by atomic mass is 10.1. The predicted octanol–water partition coefficient (Wildman–Crippen LogP) is 2.87. The predicted molar refractivity (Wildman–Crippen MR) is 107 cm³/mol. The van der Waals surface area contributed by atoms with Crippen molar-refractivity contribution in [1.82, 2.24) is 4.98 Å². The number of anilines is 2. The standard InChI is InChI=1S/C19H22N2O5S2/c1-3-14-4-6-17(7-5-14)21(13(2)22)19-20-16(11-27-19)10-26-18(23)15-8-9-28(24,25)12-15/h4-7,11,15H,3,8-10,12H2,1-2H3. The monoisotopic (exact) mass is 422 g/mol. The minimum atomic E-state index is -3.13. The maximum atomic E-state index is 12.2. The van der Waals surface area contributed by atoms with Gasteiger partial charge in [-0.15, -0.1) is 11.3 Å². The quantitative estimate of drug-likeness (QED) is 0.665. The number of hydrogen-bond donors (Lipinski definition) is 0. The van der Waals surface area contributed by atoms with E-state index >= 15 is 0 Å². The number of aromatic nitrogens is 1. The molecule has 1 aromatic carbocycles. The molecule has 0 N–H and O–H groups in total. The van der Waals surface area contributed by atoms with Crippen LogP contribution in [0.1, 0.15) is 31.5 Å². The summed E-state index contributed by atoms with van der Waals surface area (Å²) in [4.78, 5) is 30.1. The SMILES string of the molecule is CCc1ccc(N(C(C)=O)c2nc(COC(=O)C3CCS(=O)(=O)C3)cs2)cc1. The van der Waals surface area contributed by atoms with Crippen LogP contribution in [0, 0.1) is 5.92 Å². The number of ether oxygens (including phenoxy) is 1. The van der Waals surface area contributed by atoms with Crippen LogP contribution in [0.3, 0.4) is 0 Å². The zero-order chi connectivity index (χ0) is 20.3. The normalized spacial score (nSPS) is 18.0. The molecule has 150 valence electrons. The summed E-state index contributed by atoms with van der Waals surface area (Å²) in [5.41, 5.74) is 2.41. The largest absolute Gasteiger partial charge is 0.459 e. The van der Waals surface area contributed by atoms with Crippen LogP contribution in [0.2, 0.25) is 0 Å². The number of hydrogen-bond acceptors (Lipinski definition) is 7. The molecule has 0 saturated carbocycles. The molecule has 2 aromatic rings. The summed E-state index contributed by atoms with van der Waals surface area (Å²) in [7, 11) is -3.13. The topological polar surface area (TPSA) is 93.6 Å². The Morgan fingerprint density at radius 3 is 2.57 bits per heavy atom. The lowest BCUT2D eigenvalue weighted by Gasteiger charge is -2.18. The van der Waals surface area contributed by atoms with Crippen LogP contribution in [-0.4, -0.2) is 36.8 Å². The Hall–Kier alpha value is -2.26. The highest BCUT2D eigenvalue weighted by atomic mass is 32.2. The highest BCUT2D eigenvalue weighted by molar-refractivity contribution is 7.91. The first kappa shape index (κ1) is 20.5. The number of esters is 1. The van der Waals surface area contributed by atoms with Crippen LogP contribution < -0.4 is 4.90 Å². The van der Waals surface area contributed by atoms with Gasteiger partial charge in [0.05, 0.1) is 28.8 Å². The molecular weight excluding hydrogens is 400 g/mol. The van der Waals surface area contributed by atoms with Gasteiger partial charge in [-0.25, -0.2) is 13.4 Å². The molecule has 2 heterocycles. The van der Waals surface area contributed by atoms with E-state index in [0.29, 0.717) is 17.2 Å². The average Bonchev–Trinajstić information content (AvgIpc) is 3.26.